The molecule has 2 aliphatic rings. The molecule has 7 nitrogen and oxygen atoms in total. The zero-order chi connectivity index (χ0) is 21.4. The van der Waals surface area contributed by atoms with Gasteiger partial charge in [0, 0.05) is 30.5 Å². The van der Waals surface area contributed by atoms with Crippen LogP contribution in [0.1, 0.15) is 28.5 Å². The summed E-state index contributed by atoms with van der Waals surface area (Å²) in [4.78, 5) is 23.4. The van der Waals surface area contributed by atoms with E-state index in [1.54, 1.807) is 13.3 Å². The molecule has 1 aromatic heterocycles. The maximum absolute atomic E-state index is 13.3. The second kappa shape index (κ2) is 8.00. The first-order valence-electron chi connectivity index (χ1n) is 10.4. The van der Waals surface area contributed by atoms with Gasteiger partial charge >= 0.3 is 0 Å². The topological polar surface area (TPSA) is 87.6 Å². The van der Waals surface area contributed by atoms with Gasteiger partial charge in [-0.1, -0.05) is 18.2 Å². The van der Waals surface area contributed by atoms with Gasteiger partial charge < -0.3 is 20.1 Å². The average Bonchev–Trinajstić information content (AvgIpc) is 3.29. The second-order valence-corrected chi connectivity index (χ2v) is 7.95. The third-order valence-corrected chi connectivity index (χ3v) is 6.32. The first kappa shape index (κ1) is 19.5. The SMILES string of the molecule is COc1cccc(-c2ccc3c(c2)[C@H]2[C@H](CCN2C(=O)c2cnccn2)[C@H](CO)N3)c1. The van der Waals surface area contributed by atoms with Crippen molar-refractivity contribution < 1.29 is 14.6 Å². The van der Waals surface area contributed by atoms with Crippen molar-refractivity contribution in [2.45, 2.75) is 18.5 Å². The summed E-state index contributed by atoms with van der Waals surface area (Å²) in [5, 5.41) is 13.5. The van der Waals surface area contributed by atoms with E-state index in [9.17, 15) is 9.90 Å². The number of aliphatic hydroxyl groups excluding tert-OH is 1. The summed E-state index contributed by atoms with van der Waals surface area (Å²) in [6.45, 7) is 0.636. The predicted octanol–water partition coefficient (Wildman–Crippen LogP) is 3.14. The number of carbonyl (C=O) groups excluding carboxylic acids is 1. The van der Waals surface area contributed by atoms with Crippen molar-refractivity contribution in [1.29, 1.82) is 0 Å². The maximum atomic E-state index is 13.3. The molecule has 3 atom stereocenters. The van der Waals surface area contributed by atoms with Crippen molar-refractivity contribution in [2.24, 2.45) is 5.92 Å². The fourth-order valence-electron chi connectivity index (χ4n) is 4.83. The molecule has 1 saturated heterocycles. The number of carbonyl (C=O) groups is 1. The number of anilines is 1. The Balaban J connectivity index is 1.57. The molecule has 7 heteroatoms. The summed E-state index contributed by atoms with van der Waals surface area (Å²) >= 11 is 0. The number of ether oxygens (including phenoxy) is 1. The van der Waals surface area contributed by atoms with E-state index in [4.69, 9.17) is 4.74 Å². The zero-order valence-electron chi connectivity index (χ0n) is 17.2. The molecule has 158 valence electrons. The lowest BCUT2D eigenvalue weighted by Crippen LogP contribution is -2.43. The molecule has 0 aliphatic carbocycles. The lowest BCUT2D eigenvalue weighted by molar-refractivity contribution is 0.0694. The summed E-state index contributed by atoms with van der Waals surface area (Å²) < 4.78 is 5.38. The van der Waals surface area contributed by atoms with Crippen LogP contribution < -0.4 is 10.1 Å². The third kappa shape index (κ3) is 3.41. The Hall–Kier alpha value is -3.45. The number of hydrogen-bond acceptors (Lipinski definition) is 6. The number of likely N-dealkylation sites (tertiary alicyclic amines) is 1. The van der Waals surface area contributed by atoms with E-state index in [-0.39, 0.29) is 30.5 Å². The molecule has 0 radical (unpaired) electrons. The van der Waals surface area contributed by atoms with Crippen LogP contribution in [0.5, 0.6) is 5.75 Å². The van der Waals surface area contributed by atoms with Crippen molar-refractivity contribution in [2.75, 3.05) is 25.6 Å². The molecular formula is C24H24N4O3. The van der Waals surface area contributed by atoms with Crippen LogP contribution in [-0.4, -0.2) is 52.2 Å². The van der Waals surface area contributed by atoms with Gasteiger partial charge in [0.25, 0.3) is 5.91 Å². The fraction of sp³-hybridized carbons (Fsp3) is 0.292. The van der Waals surface area contributed by atoms with E-state index in [2.05, 4.69) is 27.4 Å². The van der Waals surface area contributed by atoms with Crippen LogP contribution in [0.3, 0.4) is 0 Å². The highest BCUT2D eigenvalue weighted by Gasteiger charge is 2.46. The second-order valence-electron chi connectivity index (χ2n) is 7.95. The smallest absolute Gasteiger partial charge is 0.274 e. The molecule has 3 heterocycles. The average molecular weight is 416 g/mol. The van der Waals surface area contributed by atoms with Gasteiger partial charge in [-0.05, 0) is 47.4 Å². The normalized spacial score (nSPS) is 21.7. The molecule has 1 amide bonds. The van der Waals surface area contributed by atoms with Gasteiger partial charge in [0.2, 0.25) is 0 Å². The number of aliphatic hydroxyl groups is 1. The minimum absolute atomic E-state index is 0.0193. The summed E-state index contributed by atoms with van der Waals surface area (Å²) in [5.74, 6) is 0.794. The van der Waals surface area contributed by atoms with Crippen molar-refractivity contribution in [1.82, 2.24) is 14.9 Å². The summed E-state index contributed by atoms with van der Waals surface area (Å²) in [6.07, 6.45) is 5.42. The standard InChI is InChI=1S/C24H24N4O3/c1-31-17-4-2-3-15(11-17)16-5-6-20-19(12-16)23-18(22(14-29)27-20)7-10-28(23)24(30)21-13-25-8-9-26-21/h2-6,8-9,11-13,18,22-23,27,29H,7,10,14H2,1H3/t18-,22+,23-/m1/s1. The Labute approximate surface area is 180 Å². The fourth-order valence-corrected chi connectivity index (χ4v) is 4.83. The number of aromatic nitrogens is 2. The van der Waals surface area contributed by atoms with E-state index < -0.39 is 0 Å². The van der Waals surface area contributed by atoms with Gasteiger partial charge in [-0.25, -0.2) is 4.98 Å². The molecule has 2 N–H and O–H groups in total. The molecular weight excluding hydrogens is 392 g/mol. The molecule has 5 rings (SSSR count). The van der Waals surface area contributed by atoms with Crippen molar-refractivity contribution >= 4 is 11.6 Å². The summed E-state index contributed by atoms with van der Waals surface area (Å²) in [7, 11) is 1.66. The number of nitrogens with zero attached hydrogens (tertiary/aromatic N) is 3. The highest BCUT2D eigenvalue weighted by Crippen LogP contribution is 2.47. The molecule has 2 aromatic carbocycles. The van der Waals surface area contributed by atoms with Crippen molar-refractivity contribution in [3.05, 3.63) is 72.3 Å². The zero-order valence-corrected chi connectivity index (χ0v) is 17.2. The summed E-state index contributed by atoms with van der Waals surface area (Å²) in [6, 6.07) is 13.9. The first-order valence-corrected chi connectivity index (χ1v) is 10.4. The van der Waals surface area contributed by atoms with Crippen LogP contribution in [-0.2, 0) is 0 Å². The van der Waals surface area contributed by atoms with Crippen molar-refractivity contribution in [3.8, 4) is 16.9 Å². The Kier molecular flexibility index (Phi) is 5.03. The molecule has 0 spiro atoms. The van der Waals surface area contributed by atoms with Crippen LogP contribution in [0.25, 0.3) is 11.1 Å². The van der Waals surface area contributed by atoms with Crippen LogP contribution in [0.15, 0.2) is 61.1 Å². The number of methoxy groups -OCH3 is 1. The van der Waals surface area contributed by atoms with Gasteiger partial charge in [-0.2, -0.15) is 0 Å². The van der Waals surface area contributed by atoms with Gasteiger partial charge in [0.15, 0.2) is 0 Å². The highest BCUT2D eigenvalue weighted by molar-refractivity contribution is 5.93. The minimum atomic E-state index is -0.131. The molecule has 0 saturated carbocycles. The van der Waals surface area contributed by atoms with E-state index in [0.717, 1.165) is 34.5 Å². The van der Waals surface area contributed by atoms with E-state index in [1.165, 1.54) is 12.4 Å². The molecule has 1 fully saturated rings. The molecule has 0 bridgehead atoms. The van der Waals surface area contributed by atoms with Crippen molar-refractivity contribution in [3.63, 3.8) is 0 Å². The van der Waals surface area contributed by atoms with Gasteiger partial charge in [-0.15, -0.1) is 0 Å². The number of rotatable bonds is 4. The van der Waals surface area contributed by atoms with Gasteiger partial charge in [-0.3, -0.25) is 9.78 Å². The monoisotopic (exact) mass is 416 g/mol. The van der Waals surface area contributed by atoms with Crippen LogP contribution >= 0.6 is 0 Å². The Morgan fingerprint density at radius 2 is 2.10 bits per heavy atom. The molecule has 0 unspecified atom stereocenters. The molecule has 31 heavy (non-hydrogen) atoms. The Morgan fingerprint density at radius 3 is 2.87 bits per heavy atom. The Morgan fingerprint density at radius 1 is 1.23 bits per heavy atom. The number of benzene rings is 2. The number of fused-ring (bicyclic) bond motifs is 3. The third-order valence-electron chi connectivity index (χ3n) is 6.32. The maximum Gasteiger partial charge on any atom is 0.274 e. The van der Waals surface area contributed by atoms with Crippen LogP contribution in [0, 0.1) is 5.92 Å². The quantitative estimate of drug-likeness (QED) is 0.679. The molecule has 2 aliphatic heterocycles. The highest BCUT2D eigenvalue weighted by atomic mass is 16.5. The van der Waals surface area contributed by atoms with Crippen LogP contribution in [0.2, 0.25) is 0 Å². The van der Waals surface area contributed by atoms with Crippen LogP contribution in [0.4, 0.5) is 5.69 Å². The number of amides is 1. The van der Waals surface area contributed by atoms with E-state index >= 15 is 0 Å². The Bertz CT molecular complexity index is 1100. The predicted molar refractivity (Wildman–Crippen MR) is 117 cm³/mol. The summed E-state index contributed by atoms with van der Waals surface area (Å²) in [5.41, 5.74) is 4.45. The largest absolute Gasteiger partial charge is 0.497 e. The lowest BCUT2D eigenvalue weighted by atomic mass is 9.82. The minimum Gasteiger partial charge on any atom is -0.497 e. The number of nitrogens with one attached hydrogen (secondary N) is 1. The van der Waals surface area contributed by atoms with Gasteiger partial charge in [0.1, 0.15) is 11.4 Å². The first-order chi connectivity index (χ1) is 15.2. The van der Waals surface area contributed by atoms with E-state index in [1.807, 2.05) is 35.2 Å². The number of hydrogen-bond donors (Lipinski definition) is 2. The van der Waals surface area contributed by atoms with Gasteiger partial charge in [0.05, 0.1) is 32.0 Å². The lowest BCUT2D eigenvalue weighted by Gasteiger charge is -2.39. The van der Waals surface area contributed by atoms with E-state index in [0.29, 0.717) is 12.2 Å². The molecule has 3 aromatic rings.